The second-order valence-electron chi connectivity index (χ2n) is 25.0. The summed E-state index contributed by atoms with van der Waals surface area (Å²) in [5.74, 6) is 0.0109. The Morgan fingerprint density at radius 2 is 0.941 bits per heavy atom. The number of H-pyrrole nitrogens is 2. The minimum Gasteiger partial charge on any atom is -0.447 e. The van der Waals surface area contributed by atoms with Crippen LogP contribution in [0.25, 0.3) is 0 Å². The molecule has 2 N–H and O–H groups in total. The van der Waals surface area contributed by atoms with E-state index in [1.165, 1.54) is 47.3 Å². The summed E-state index contributed by atoms with van der Waals surface area (Å²) in [5, 5.41) is 10.5. The van der Waals surface area contributed by atoms with Gasteiger partial charge in [0.1, 0.15) is 30.2 Å². The summed E-state index contributed by atoms with van der Waals surface area (Å²) in [6.45, 7) is 39.5. The number of aromatic amines is 2. The Hall–Kier alpha value is -4.38. The van der Waals surface area contributed by atoms with E-state index in [2.05, 4.69) is 93.1 Å². The fraction of sp³-hybridized carbons (Fsp3) is 0.714. The van der Waals surface area contributed by atoms with E-state index < -0.39 is 122 Å². The quantitative estimate of drug-likeness (QED) is 0.0498. The van der Waals surface area contributed by atoms with Gasteiger partial charge in [0.25, 0.3) is 16.8 Å². The number of nitro benzene ring substituents is 1. The van der Waals surface area contributed by atoms with Gasteiger partial charge in [-0.1, -0.05) is 146 Å². The number of fused-ring (bicyclic) bond motifs is 2. The number of benzene rings is 1. The molecule has 4 aliphatic heterocycles. The number of ether oxygens (including phenoxy) is 5. The van der Waals surface area contributed by atoms with Gasteiger partial charge >= 0.3 is 57.1 Å². The molecule has 85 heavy (non-hydrogen) atoms. The number of non-ortho nitro benzene ring substituents is 1. The normalized spacial score (nSPS) is 25.2. The van der Waals surface area contributed by atoms with Crippen LogP contribution < -0.4 is 27.2 Å². The van der Waals surface area contributed by atoms with Gasteiger partial charge < -0.3 is 49.6 Å². The molecule has 6 heterocycles. The fourth-order valence-corrected chi connectivity index (χ4v) is 34.5. The molecular weight excluding hydrogens is 1190 g/mol. The lowest BCUT2D eigenvalue weighted by atomic mass is 10.1. The van der Waals surface area contributed by atoms with Gasteiger partial charge in [-0.2, -0.15) is 0 Å². The number of aromatic nitrogens is 4. The molecule has 4 aliphatic rings. The molecule has 4 saturated heterocycles. The van der Waals surface area contributed by atoms with Gasteiger partial charge in [-0.3, -0.25) is 38.8 Å². The third-order valence-electron chi connectivity index (χ3n) is 15.6. The standard InChI is InChI=1S/C28H41N3O11Si2.C26H46N2O8SSi2.2CH4/c1-16(2)43(17(3)4)37-15-22-24(41-44(42-43,18(5)6)19(7)8)25(26(39-22)30-14-13-23(32)29-27(30)33)40-28(34)38-21-11-9-20(10-12-21)31(35)36;1-15(2)38(16(3)4)32-14-19-21(35-39(36-38,17(5)6)18(7)8)22(34-25(31)37-26(9,10)11)23(33-19)28-13-12-20(29)27-24(28)30;;/h9-14,16-19,22,24-26H,15H2,1-8H3,(H,29,32,33);12-13,15-19,21-23H,14H2,1-11H3,(H,27,29,30);2*1H4/t22-,24?,25+,26-;19-,21?,22+,23-;;/m11../s1. The van der Waals surface area contributed by atoms with Crippen molar-refractivity contribution in [3.05, 3.63) is 101 Å². The predicted molar refractivity (Wildman–Crippen MR) is 333 cm³/mol. The topological polar surface area (TPSA) is 289 Å². The number of hydrogen-bond donors (Lipinski definition) is 2. The smallest absolute Gasteiger partial charge is 0.447 e. The van der Waals surface area contributed by atoms with Gasteiger partial charge in [0.15, 0.2) is 24.7 Å². The van der Waals surface area contributed by atoms with Crippen molar-refractivity contribution in [3.63, 3.8) is 0 Å². The van der Waals surface area contributed by atoms with Gasteiger partial charge in [0.05, 0.1) is 18.1 Å². The zero-order chi connectivity index (χ0) is 62.1. The fourth-order valence-electron chi connectivity index (χ4n) is 11.5. The van der Waals surface area contributed by atoms with Crippen molar-refractivity contribution in [3.8, 4) is 5.75 Å². The van der Waals surface area contributed by atoms with E-state index in [4.69, 9.17) is 49.6 Å². The van der Waals surface area contributed by atoms with Crippen molar-refractivity contribution < 1.29 is 64.1 Å². The predicted octanol–water partition coefficient (Wildman–Crippen LogP) is 11.6. The van der Waals surface area contributed by atoms with Crippen molar-refractivity contribution in [1.82, 2.24) is 19.1 Å². The van der Waals surface area contributed by atoms with Crippen molar-refractivity contribution in [1.29, 1.82) is 0 Å². The van der Waals surface area contributed by atoms with Gasteiger partial charge in [-0.05, 0) is 68.2 Å². The van der Waals surface area contributed by atoms with Gasteiger partial charge in [-0.25, -0.2) is 19.2 Å². The second kappa shape index (κ2) is 28.8. The number of thioether (sulfide) groups is 1. The maximum atomic E-state index is 13.2. The lowest BCUT2D eigenvalue weighted by Crippen LogP contribution is -2.66. The Bertz CT molecular complexity index is 2950. The summed E-state index contributed by atoms with van der Waals surface area (Å²) in [6.07, 6.45) is -5.99. The number of nitrogens with zero attached hydrogens (tertiary/aromatic N) is 3. The maximum absolute atomic E-state index is 13.2. The summed E-state index contributed by atoms with van der Waals surface area (Å²) in [6, 6.07) is 7.32. The summed E-state index contributed by atoms with van der Waals surface area (Å²) in [5.41, 5.74) is -2.25. The lowest BCUT2D eigenvalue weighted by molar-refractivity contribution is -0.384. The molecule has 0 amide bonds. The van der Waals surface area contributed by atoms with Gasteiger partial charge in [0.2, 0.25) is 0 Å². The van der Waals surface area contributed by atoms with E-state index >= 15 is 0 Å². The zero-order valence-electron chi connectivity index (χ0n) is 51.3. The average Bonchev–Trinajstić information content (AvgIpc) is 1.82. The molecule has 0 aliphatic carbocycles. The molecule has 0 radical (unpaired) electrons. The number of carbonyl (C=O) groups excluding carboxylic acids is 2. The van der Waals surface area contributed by atoms with E-state index in [0.717, 1.165) is 22.4 Å². The SMILES string of the molecule is C.C.CC(C)[Si]1(C(C)C)OC[C@H]2O[C@@H](n3ccc(=O)[nH]c3=O)[C@@H](OC(=O)Oc3ccc([N+](=O)[O-])cc3)C2O[Si](C(C)C)(C(C)C)O1.CC(C)[Si]1(C(C)C)OC[C@H]2O[C@@H](n3ccc(=O)[nH]c3=O)[C@@H](OC(=O)SC(C)(C)C)C2O[Si](C(C)C)(C(C)C)O1. The van der Waals surface area contributed by atoms with Crippen LogP contribution in [0.5, 0.6) is 5.75 Å². The highest BCUT2D eigenvalue weighted by molar-refractivity contribution is 8.14. The van der Waals surface area contributed by atoms with Crippen LogP contribution >= 0.6 is 11.8 Å². The van der Waals surface area contributed by atoms with Crippen LogP contribution in [0.3, 0.4) is 0 Å². The molecule has 29 heteroatoms. The first kappa shape index (κ1) is 73.1. The highest BCUT2D eigenvalue weighted by Gasteiger charge is 2.65. The second-order valence-corrected chi connectivity index (χ2v) is 44.5. The molecule has 0 saturated carbocycles. The zero-order valence-corrected chi connectivity index (χ0v) is 56.1. The molecule has 3 aromatic rings. The molecule has 0 bridgehead atoms. The number of nitro groups is 1. The summed E-state index contributed by atoms with van der Waals surface area (Å²) >= 11 is 1.05. The minimum atomic E-state index is -3.19. The van der Waals surface area contributed by atoms with Crippen LogP contribution in [0.1, 0.15) is 159 Å². The first-order valence-corrected chi connectivity index (χ1v) is 37.2. The van der Waals surface area contributed by atoms with Crippen LogP contribution in [-0.2, 0) is 44.9 Å². The molecule has 480 valence electrons. The van der Waals surface area contributed by atoms with Crippen LogP contribution in [0.15, 0.2) is 68.0 Å². The highest BCUT2D eigenvalue weighted by atomic mass is 32.2. The van der Waals surface area contributed by atoms with Crippen molar-refractivity contribution in [2.24, 2.45) is 0 Å². The van der Waals surface area contributed by atoms with Crippen LogP contribution in [0.2, 0.25) is 44.3 Å². The first-order valence-electron chi connectivity index (χ1n) is 28.5. The van der Waals surface area contributed by atoms with E-state index in [-0.39, 0.29) is 88.6 Å². The van der Waals surface area contributed by atoms with Gasteiger partial charge in [0, 0.05) is 41.4 Å². The Kier molecular flexibility index (Phi) is 24.8. The minimum absolute atomic E-state index is 0. The van der Waals surface area contributed by atoms with Crippen LogP contribution in [0, 0.1) is 10.1 Å². The molecule has 2 aromatic heterocycles. The van der Waals surface area contributed by atoms with Crippen molar-refractivity contribution in [2.45, 2.75) is 245 Å². The number of nitrogens with one attached hydrogen (secondary N) is 2. The third-order valence-corrected chi connectivity index (χ3v) is 37.0. The monoisotopic (exact) mass is 1290 g/mol. The van der Waals surface area contributed by atoms with Crippen LogP contribution in [-0.4, -0.2) is 124 Å². The highest BCUT2D eigenvalue weighted by Crippen LogP contribution is 2.51. The van der Waals surface area contributed by atoms with Crippen molar-refractivity contribution >= 4 is 63.1 Å². The molecule has 7 rings (SSSR count). The lowest BCUT2D eigenvalue weighted by Gasteiger charge is -2.51. The van der Waals surface area contributed by atoms with Crippen molar-refractivity contribution in [2.75, 3.05) is 13.2 Å². The van der Waals surface area contributed by atoms with E-state index in [0.29, 0.717) is 0 Å². The Morgan fingerprint density at radius 1 is 0.588 bits per heavy atom. The number of hydrogen-bond acceptors (Lipinski definition) is 20. The molecule has 0 spiro atoms. The van der Waals surface area contributed by atoms with E-state index in [9.17, 15) is 38.9 Å². The number of carbonyl (C=O) groups is 2. The first-order chi connectivity index (χ1) is 38.5. The molecule has 2 unspecified atom stereocenters. The molecule has 8 atom stereocenters. The maximum Gasteiger partial charge on any atom is 0.514 e. The van der Waals surface area contributed by atoms with Crippen LogP contribution in [0.4, 0.5) is 15.3 Å². The average molecular weight is 1290 g/mol. The molecular formula is C56H95N5O19SSi4. The van der Waals surface area contributed by atoms with E-state index in [1.54, 1.807) is 0 Å². The Labute approximate surface area is 508 Å². The largest absolute Gasteiger partial charge is 0.514 e. The molecule has 4 fully saturated rings. The summed E-state index contributed by atoms with van der Waals surface area (Å²) in [4.78, 5) is 90.6. The molecule has 1 aromatic carbocycles. The third kappa shape index (κ3) is 15.7. The molecule has 24 nitrogen and oxygen atoms in total. The van der Waals surface area contributed by atoms with Gasteiger partial charge in [-0.15, -0.1) is 0 Å². The summed E-state index contributed by atoms with van der Waals surface area (Å²) in [7, 11) is -12.0. The number of rotatable bonds is 14. The van der Waals surface area contributed by atoms with E-state index in [1.807, 2.05) is 48.5 Å². The Morgan fingerprint density at radius 3 is 1.26 bits per heavy atom. The Balaban J connectivity index is 0.000000359. The summed E-state index contributed by atoms with van der Waals surface area (Å²) < 4.78 is 74.2.